The fourth-order valence-electron chi connectivity index (χ4n) is 4.89. The number of nitrogens with zero attached hydrogens (tertiary/aromatic N) is 2. The van der Waals surface area contributed by atoms with Crippen LogP contribution in [0.4, 0.5) is 15.8 Å². The summed E-state index contributed by atoms with van der Waals surface area (Å²) in [5.74, 6) is 0.469. The van der Waals surface area contributed by atoms with Gasteiger partial charge in [-0.2, -0.15) is 0 Å². The molecule has 0 aliphatic carbocycles. The quantitative estimate of drug-likeness (QED) is 0.372. The van der Waals surface area contributed by atoms with Gasteiger partial charge in [0.1, 0.15) is 5.82 Å². The Bertz CT molecular complexity index is 1290. The third-order valence-electron chi connectivity index (χ3n) is 6.66. The van der Waals surface area contributed by atoms with Crippen molar-refractivity contribution < 1.29 is 18.8 Å². The number of hydrogen-bond donors (Lipinski definition) is 0. The number of anilines is 1. The van der Waals surface area contributed by atoms with Crippen LogP contribution in [0.5, 0.6) is 11.5 Å². The van der Waals surface area contributed by atoms with Gasteiger partial charge in [-0.25, -0.2) is 4.39 Å². The number of hydrogen-bond acceptors (Lipinski definition) is 5. The average Bonchev–Trinajstić information content (AvgIpc) is 2.98. The second-order valence-electron chi connectivity index (χ2n) is 8.81. The fraction of sp³-hybridized carbons (Fsp3) is 0.231. The molecule has 2 heterocycles. The number of methoxy groups -OCH3 is 1. The Hall–Kier alpha value is -3.87. The van der Waals surface area contributed by atoms with Gasteiger partial charge in [-0.15, -0.1) is 0 Å². The number of halogens is 1. The van der Waals surface area contributed by atoms with E-state index in [1.807, 2.05) is 24.3 Å². The molecule has 2 aliphatic rings. The molecular weight excluding hydrogens is 423 g/mol. The molecule has 0 amide bonds. The van der Waals surface area contributed by atoms with Gasteiger partial charge in [-0.1, -0.05) is 30.3 Å². The highest BCUT2D eigenvalue weighted by molar-refractivity contribution is 5.75. The predicted octanol–water partition coefficient (Wildman–Crippen LogP) is 5.84. The minimum atomic E-state index is -0.929. The molecule has 1 unspecified atom stereocenters. The Morgan fingerprint density at radius 1 is 1.12 bits per heavy atom. The number of fused-ring (bicyclic) bond motifs is 2. The largest absolute Gasteiger partial charge is 0.493 e. The summed E-state index contributed by atoms with van der Waals surface area (Å²) in [5.41, 5.74) is 2.17. The first-order valence-electron chi connectivity index (χ1n) is 10.6. The van der Waals surface area contributed by atoms with E-state index in [0.29, 0.717) is 23.6 Å². The van der Waals surface area contributed by atoms with E-state index in [4.69, 9.17) is 9.47 Å². The van der Waals surface area contributed by atoms with Gasteiger partial charge in [0.05, 0.1) is 23.5 Å². The van der Waals surface area contributed by atoms with Gasteiger partial charge in [-0.3, -0.25) is 10.1 Å². The summed E-state index contributed by atoms with van der Waals surface area (Å²) in [5, 5.41) is 11.4. The molecular formula is C26H23FN2O4. The molecule has 6 nitrogen and oxygen atoms in total. The van der Waals surface area contributed by atoms with Crippen LogP contribution in [0.3, 0.4) is 0 Å². The standard InChI is InChI=1S/C26H23FN2O4/c1-25(2)21-6-4-5-7-22(21)28(16-17-8-10-19(27)11-9-17)26(25)13-12-18-14-20(29(30)31)15-23(32-3)24(18)33-26/h4-15H,16H2,1-3H3. The third-order valence-corrected chi connectivity index (χ3v) is 6.66. The first-order chi connectivity index (χ1) is 15.8. The van der Waals surface area contributed by atoms with E-state index < -0.39 is 16.1 Å². The van der Waals surface area contributed by atoms with Crippen molar-refractivity contribution in [3.05, 3.63) is 99.4 Å². The van der Waals surface area contributed by atoms with Gasteiger partial charge in [0, 0.05) is 23.9 Å². The second-order valence-corrected chi connectivity index (χ2v) is 8.81. The first-order valence-corrected chi connectivity index (χ1v) is 10.6. The molecule has 3 aromatic carbocycles. The predicted molar refractivity (Wildman–Crippen MR) is 124 cm³/mol. The molecule has 0 radical (unpaired) electrons. The Morgan fingerprint density at radius 2 is 1.85 bits per heavy atom. The summed E-state index contributed by atoms with van der Waals surface area (Å²) in [4.78, 5) is 13.1. The van der Waals surface area contributed by atoms with E-state index in [1.54, 1.807) is 12.1 Å². The Kier molecular flexibility index (Phi) is 4.67. The molecule has 0 N–H and O–H groups in total. The van der Waals surface area contributed by atoms with Crippen LogP contribution in [-0.4, -0.2) is 17.8 Å². The zero-order valence-corrected chi connectivity index (χ0v) is 18.5. The van der Waals surface area contributed by atoms with E-state index in [2.05, 4.69) is 30.9 Å². The number of rotatable bonds is 4. The number of non-ortho nitro benzene ring substituents is 1. The highest BCUT2D eigenvalue weighted by Crippen LogP contribution is 2.56. The maximum atomic E-state index is 13.5. The minimum absolute atomic E-state index is 0.0630. The number of nitro benzene ring substituents is 1. The molecule has 1 atom stereocenters. The molecule has 7 heteroatoms. The molecule has 33 heavy (non-hydrogen) atoms. The van der Waals surface area contributed by atoms with Gasteiger partial charge < -0.3 is 14.4 Å². The summed E-state index contributed by atoms with van der Waals surface area (Å²) < 4.78 is 25.8. The van der Waals surface area contributed by atoms with Crippen LogP contribution in [0.2, 0.25) is 0 Å². The Balaban J connectivity index is 1.68. The lowest BCUT2D eigenvalue weighted by atomic mass is 9.76. The molecule has 5 rings (SSSR count). The van der Waals surface area contributed by atoms with Gasteiger partial charge >= 0.3 is 0 Å². The molecule has 0 saturated carbocycles. The summed E-state index contributed by atoms with van der Waals surface area (Å²) >= 11 is 0. The van der Waals surface area contributed by atoms with Gasteiger partial charge in [0.15, 0.2) is 11.5 Å². The van der Waals surface area contributed by atoms with Crippen LogP contribution in [0, 0.1) is 15.9 Å². The molecule has 0 bridgehead atoms. The third kappa shape index (κ3) is 3.07. The maximum absolute atomic E-state index is 13.5. The van der Waals surface area contributed by atoms with Gasteiger partial charge in [-0.05, 0) is 55.3 Å². The molecule has 0 fully saturated rings. The number of ether oxygens (including phenoxy) is 2. The summed E-state index contributed by atoms with van der Waals surface area (Å²) in [7, 11) is 1.47. The smallest absolute Gasteiger partial charge is 0.274 e. The maximum Gasteiger partial charge on any atom is 0.274 e. The average molecular weight is 446 g/mol. The zero-order chi connectivity index (χ0) is 23.4. The monoisotopic (exact) mass is 446 g/mol. The van der Waals surface area contributed by atoms with E-state index >= 15 is 0 Å². The summed E-state index contributed by atoms with van der Waals surface area (Å²) in [6, 6.07) is 17.4. The van der Waals surface area contributed by atoms with E-state index in [1.165, 1.54) is 31.4 Å². The van der Waals surface area contributed by atoms with Crippen molar-refractivity contribution in [2.45, 2.75) is 31.5 Å². The number of benzene rings is 3. The molecule has 0 saturated heterocycles. The van der Waals surface area contributed by atoms with Crippen LogP contribution in [0.1, 0.15) is 30.5 Å². The van der Waals surface area contributed by atoms with Crippen LogP contribution in [0.25, 0.3) is 6.08 Å². The number of para-hydroxylation sites is 1. The van der Waals surface area contributed by atoms with E-state index in [9.17, 15) is 14.5 Å². The second kappa shape index (κ2) is 7.33. The lowest BCUT2D eigenvalue weighted by Gasteiger charge is -2.47. The highest BCUT2D eigenvalue weighted by atomic mass is 19.1. The van der Waals surface area contributed by atoms with Crippen molar-refractivity contribution in [2.24, 2.45) is 0 Å². The van der Waals surface area contributed by atoms with Crippen molar-refractivity contribution in [3.63, 3.8) is 0 Å². The fourth-order valence-corrected chi connectivity index (χ4v) is 4.89. The molecule has 168 valence electrons. The SMILES string of the molecule is COc1cc([N+](=O)[O-])cc2c1OC1(C=C2)N(Cc2ccc(F)cc2)c2ccccc2C1(C)C. The van der Waals surface area contributed by atoms with Crippen molar-refractivity contribution in [1.29, 1.82) is 0 Å². The van der Waals surface area contributed by atoms with Crippen LogP contribution in [-0.2, 0) is 12.0 Å². The Morgan fingerprint density at radius 3 is 2.55 bits per heavy atom. The van der Waals surface area contributed by atoms with Gasteiger partial charge in [0.25, 0.3) is 5.69 Å². The van der Waals surface area contributed by atoms with Crippen molar-refractivity contribution in [3.8, 4) is 11.5 Å². The van der Waals surface area contributed by atoms with Gasteiger partial charge in [0.2, 0.25) is 5.72 Å². The highest BCUT2D eigenvalue weighted by Gasteiger charge is 2.59. The van der Waals surface area contributed by atoms with Crippen molar-refractivity contribution in [2.75, 3.05) is 12.0 Å². The van der Waals surface area contributed by atoms with Crippen molar-refractivity contribution in [1.82, 2.24) is 0 Å². The van der Waals surface area contributed by atoms with Crippen LogP contribution >= 0.6 is 0 Å². The molecule has 3 aromatic rings. The minimum Gasteiger partial charge on any atom is -0.493 e. The Labute approximate surface area is 191 Å². The van der Waals surface area contributed by atoms with Crippen LogP contribution < -0.4 is 14.4 Å². The normalized spacial score (nSPS) is 19.7. The topological polar surface area (TPSA) is 64.8 Å². The lowest BCUT2D eigenvalue weighted by Crippen LogP contribution is -2.59. The lowest BCUT2D eigenvalue weighted by molar-refractivity contribution is -0.385. The molecule has 1 spiro atoms. The van der Waals surface area contributed by atoms with Crippen LogP contribution in [0.15, 0.2) is 66.7 Å². The number of nitro groups is 1. The summed E-state index contributed by atoms with van der Waals surface area (Å²) in [6.07, 6.45) is 3.82. The summed E-state index contributed by atoms with van der Waals surface area (Å²) in [6.45, 7) is 4.71. The molecule has 0 aromatic heterocycles. The first kappa shape index (κ1) is 21.0. The molecule has 2 aliphatic heterocycles. The van der Waals surface area contributed by atoms with E-state index in [-0.39, 0.29) is 11.5 Å². The van der Waals surface area contributed by atoms with E-state index in [0.717, 1.165) is 16.8 Å². The van der Waals surface area contributed by atoms with Crippen molar-refractivity contribution >= 4 is 17.5 Å². The zero-order valence-electron chi connectivity index (χ0n) is 18.5.